The summed E-state index contributed by atoms with van der Waals surface area (Å²) in [6.07, 6.45) is 1.52. The van der Waals surface area contributed by atoms with Crippen LogP contribution < -0.4 is 10.6 Å². The van der Waals surface area contributed by atoms with Crippen molar-refractivity contribution in [1.29, 1.82) is 0 Å². The molecule has 0 radical (unpaired) electrons. The van der Waals surface area contributed by atoms with Gasteiger partial charge in [-0.25, -0.2) is 4.79 Å². The number of carbonyl (C=O) groups is 1. The summed E-state index contributed by atoms with van der Waals surface area (Å²) in [5, 5.41) is 10.4. The minimum Gasteiger partial charge on any atom is -0.453 e. The van der Waals surface area contributed by atoms with Crippen LogP contribution >= 0.6 is 0 Å². The van der Waals surface area contributed by atoms with Crippen molar-refractivity contribution in [2.45, 2.75) is 19.9 Å². The van der Waals surface area contributed by atoms with E-state index in [0.29, 0.717) is 5.69 Å². The number of carbonyl (C=O) groups excluding carboxylic acids is 1. The Balaban J connectivity index is 2.10. The van der Waals surface area contributed by atoms with Gasteiger partial charge in [-0.15, -0.1) is 0 Å². The SMILES string of the molecule is COC(=O)Nc1cccc(NC(C)c2cn(C)nc2C)c1. The average molecular weight is 288 g/mol. The molecular formula is C15H20N4O2. The maximum Gasteiger partial charge on any atom is 0.411 e. The summed E-state index contributed by atoms with van der Waals surface area (Å²) in [6, 6.07) is 7.61. The Labute approximate surface area is 124 Å². The topological polar surface area (TPSA) is 68.2 Å². The third-order valence-corrected chi connectivity index (χ3v) is 3.20. The van der Waals surface area contributed by atoms with Crippen LogP contribution in [0.15, 0.2) is 30.5 Å². The minimum atomic E-state index is -0.483. The summed E-state index contributed by atoms with van der Waals surface area (Å²) in [6.45, 7) is 4.06. The van der Waals surface area contributed by atoms with E-state index in [1.54, 1.807) is 4.68 Å². The molecule has 0 fully saturated rings. The molecule has 1 aromatic heterocycles. The molecule has 1 amide bonds. The van der Waals surface area contributed by atoms with E-state index in [0.717, 1.165) is 16.9 Å². The summed E-state index contributed by atoms with van der Waals surface area (Å²) in [4.78, 5) is 11.2. The summed E-state index contributed by atoms with van der Waals surface area (Å²) in [7, 11) is 3.24. The lowest BCUT2D eigenvalue weighted by Crippen LogP contribution is -2.11. The van der Waals surface area contributed by atoms with E-state index in [1.165, 1.54) is 7.11 Å². The normalized spacial score (nSPS) is 11.8. The van der Waals surface area contributed by atoms with Crippen LogP contribution in [0.25, 0.3) is 0 Å². The zero-order valence-electron chi connectivity index (χ0n) is 12.7. The molecule has 2 N–H and O–H groups in total. The van der Waals surface area contributed by atoms with Crippen molar-refractivity contribution in [3.8, 4) is 0 Å². The first-order valence-corrected chi connectivity index (χ1v) is 6.71. The predicted molar refractivity (Wildman–Crippen MR) is 82.5 cm³/mol. The van der Waals surface area contributed by atoms with Crippen molar-refractivity contribution < 1.29 is 9.53 Å². The largest absolute Gasteiger partial charge is 0.453 e. The molecule has 112 valence electrons. The van der Waals surface area contributed by atoms with Gasteiger partial charge in [0.2, 0.25) is 0 Å². The van der Waals surface area contributed by atoms with Gasteiger partial charge in [-0.2, -0.15) is 5.10 Å². The molecule has 1 unspecified atom stereocenters. The Kier molecular flexibility index (Phi) is 4.47. The summed E-state index contributed by atoms with van der Waals surface area (Å²) < 4.78 is 6.39. The zero-order valence-corrected chi connectivity index (χ0v) is 12.7. The van der Waals surface area contributed by atoms with Crippen molar-refractivity contribution in [2.24, 2.45) is 7.05 Å². The van der Waals surface area contributed by atoms with Crippen molar-refractivity contribution >= 4 is 17.5 Å². The number of benzene rings is 1. The second-order valence-electron chi connectivity index (χ2n) is 4.91. The van der Waals surface area contributed by atoms with Crippen molar-refractivity contribution in [3.63, 3.8) is 0 Å². The molecule has 0 aliphatic heterocycles. The first-order valence-electron chi connectivity index (χ1n) is 6.71. The van der Waals surface area contributed by atoms with E-state index < -0.39 is 6.09 Å². The van der Waals surface area contributed by atoms with Gasteiger partial charge in [0.25, 0.3) is 0 Å². The molecule has 0 spiro atoms. The van der Waals surface area contributed by atoms with E-state index in [4.69, 9.17) is 0 Å². The molecule has 6 nitrogen and oxygen atoms in total. The van der Waals surface area contributed by atoms with Crippen molar-refractivity contribution in [2.75, 3.05) is 17.7 Å². The number of amides is 1. The summed E-state index contributed by atoms with van der Waals surface area (Å²) >= 11 is 0. The Morgan fingerprint density at radius 3 is 2.71 bits per heavy atom. The molecule has 1 atom stereocenters. The minimum absolute atomic E-state index is 0.118. The fraction of sp³-hybridized carbons (Fsp3) is 0.333. The van der Waals surface area contributed by atoms with Crippen LogP contribution in [0, 0.1) is 6.92 Å². The van der Waals surface area contributed by atoms with Crippen LogP contribution in [0.5, 0.6) is 0 Å². The third kappa shape index (κ3) is 3.75. The summed E-state index contributed by atoms with van der Waals surface area (Å²) in [5.41, 5.74) is 3.74. The predicted octanol–water partition coefficient (Wildman–Crippen LogP) is 3.08. The number of methoxy groups -OCH3 is 1. The number of aryl methyl sites for hydroxylation is 2. The number of nitrogens with zero attached hydrogens (tertiary/aromatic N) is 2. The van der Waals surface area contributed by atoms with E-state index in [2.05, 4.69) is 27.4 Å². The van der Waals surface area contributed by atoms with Crippen LogP contribution in [-0.4, -0.2) is 23.0 Å². The fourth-order valence-electron chi connectivity index (χ4n) is 2.23. The molecule has 0 saturated heterocycles. The van der Waals surface area contributed by atoms with Gasteiger partial charge in [0.15, 0.2) is 0 Å². The smallest absolute Gasteiger partial charge is 0.411 e. The van der Waals surface area contributed by atoms with Gasteiger partial charge in [-0.05, 0) is 32.0 Å². The number of aromatic nitrogens is 2. The molecule has 1 heterocycles. The van der Waals surface area contributed by atoms with Gasteiger partial charge < -0.3 is 10.1 Å². The van der Waals surface area contributed by atoms with E-state index in [-0.39, 0.29) is 6.04 Å². The summed E-state index contributed by atoms with van der Waals surface area (Å²) in [5.74, 6) is 0. The lowest BCUT2D eigenvalue weighted by molar-refractivity contribution is 0.187. The highest BCUT2D eigenvalue weighted by molar-refractivity contribution is 5.85. The Bertz CT molecular complexity index is 636. The molecule has 0 aliphatic carbocycles. The highest BCUT2D eigenvalue weighted by Gasteiger charge is 2.12. The molecular weight excluding hydrogens is 268 g/mol. The van der Waals surface area contributed by atoms with Gasteiger partial charge in [0, 0.05) is 30.2 Å². The maximum atomic E-state index is 11.2. The number of nitrogens with one attached hydrogen (secondary N) is 2. The zero-order chi connectivity index (χ0) is 15.4. The van der Waals surface area contributed by atoms with E-state index in [9.17, 15) is 4.79 Å². The Hall–Kier alpha value is -2.50. The van der Waals surface area contributed by atoms with Gasteiger partial charge in [-0.3, -0.25) is 10.00 Å². The van der Waals surface area contributed by atoms with E-state index in [1.807, 2.05) is 44.4 Å². The number of anilines is 2. The van der Waals surface area contributed by atoms with Crippen LogP contribution in [0.3, 0.4) is 0 Å². The second kappa shape index (κ2) is 6.30. The molecule has 2 aromatic rings. The molecule has 0 saturated carbocycles. The molecule has 21 heavy (non-hydrogen) atoms. The average Bonchev–Trinajstić information content (AvgIpc) is 2.78. The molecule has 1 aromatic carbocycles. The van der Waals surface area contributed by atoms with Crippen LogP contribution in [0.4, 0.5) is 16.2 Å². The van der Waals surface area contributed by atoms with Crippen LogP contribution in [0.2, 0.25) is 0 Å². The van der Waals surface area contributed by atoms with Crippen molar-refractivity contribution in [1.82, 2.24) is 9.78 Å². The highest BCUT2D eigenvalue weighted by Crippen LogP contribution is 2.23. The van der Waals surface area contributed by atoms with Gasteiger partial charge in [-0.1, -0.05) is 6.07 Å². The first-order chi connectivity index (χ1) is 9.99. The number of hydrogen-bond donors (Lipinski definition) is 2. The van der Waals surface area contributed by atoms with Crippen molar-refractivity contribution in [3.05, 3.63) is 41.7 Å². The van der Waals surface area contributed by atoms with Gasteiger partial charge >= 0.3 is 6.09 Å². The fourth-order valence-corrected chi connectivity index (χ4v) is 2.23. The molecule has 2 rings (SSSR count). The van der Waals surface area contributed by atoms with Crippen LogP contribution in [-0.2, 0) is 11.8 Å². The molecule has 6 heteroatoms. The van der Waals surface area contributed by atoms with Gasteiger partial charge in [0.1, 0.15) is 0 Å². The number of hydrogen-bond acceptors (Lipinski definition) is 4. The number of rotatable bonds is 4. The molecule has 0 aliphatic rings. The third-order valence-electron chi connectivity index (χ3n) is 3.20. The standard InChI is InChI=1S/C15H20N4O2/c1-10(14-9-19(3)18-11(14)2)16-12-6-5-7-13(8-12)17-15(20)21-4/h5-10,16H,1-4H3,(H,17,20). The quantitative estimate of drug-likeness (QED) is 0.907. The lowest BCUT2D eigenvalue weighted by Gasteiger charge is -2.15. The molecule has 0 bridgehead atoms. The second-order valence-corrected chi connectivity index (χ2v) is 4.91. The van der Waals surface area contributed by atoms with Gasteiger partial charge in [0.05, 0.1) is 18.8 Å². The highest BCUT2D eigenvalue weighted by atomic mass is 16.5. The maximum absolute atomic E-state index is 11.2. The monoisotopic (exact) mass is 288 g/mol. The van der Waals surface area contributed by atoms with Crippen LogP contribution in [0.1, 0.15) is 24.2 Å². The lowest BCUT2D eigenvalue weighted by atomic mass is 10.1. The Morgan fingerprint density at radius 1 is 1.38 bits per heavy atom. The number of ether oxygens (including phenoxy) is 1. The Morgan fingerprint density at radius 2 is 2.10 bits per heavy atom. The van der Waals surface area contributed by atoms with E-state index >= 15 is 0 Å². The first kappa shape index (κ1) is 14.9.